The molecular formula is C23H36FIN4O2. The predicted octanol–water partition coefficient (Wildman–Crippen LogP) is 3.95. The zero-order valence-electron chi connectivity index (χ0n) is 18.6. The molecule has 0 radical (unpaired) electrons. The van der Waals surface area contributed by atoms with Crippen LogP contribution >= 0.6 is 24.0 Å². The van der Waals surface area contributed by atoms with Gasteiger partial charge < -0.3 is 20.3 Å². The summed E-state index contributed by atoms with van der Waals surface area (Å²) < 4.78 is 19.6. The summed E-state index contributed by atoms with van der Waals surface area (Å²) in [4.78, 5) is 19.1. The number of halogens is 2. The van der Waals surface area contributed by atoms with Gasteiger partial charge in [0.1, 0.15) is 6.10 Å². The normalized spacial score (nSPS) is 20.7. The van der Waals surface area contributed by atoms with Crippen molar-refractivity contribution in [2.75, 3.05) is 26.7 Å². The number of guanidine groups is 1. The van der Waals surface area contributed by atoms with Crippen LogP contribution in [-0.4, -0.2) is 55.6 Å². The van der Waals surface area contributed by atoms with Crippen LogP contribution in [0.25, 0.3) is 0 Å². The molecule has 0 bridgehead atoms. The summed E-state index contributed by atoms with van der Waals surface area (Å²) in [5, 5.41) is 6.71. The number of hydrogen-bond acceptors (Lipinski definition) is 3. The lowest BCUT2D eigenvalue weighted by atomic mass is 9.88. The number of rotatable bonds is 7. The second kappa shape index (κ2) is 13.1. The van der Waals surface area contributed by atoms with Gasteiger partial charge in [0.05, 0.1) is 6.54 Å². The van der Waals surface area contributed by atoms with E-state index in [2.05, 4.69) is 15.6 Å². The first-order chi connectivity index (χ1) is 14.6. The van der Waals surface area contributed by atoms with Crippen LogP contribution in [-0.2, 0) is 4.79 Å². The number of nitrogens with zero attached hydrogens (tertiary/aromatic N) is 2. The molecule has 1 aromatic rings. The molecule has 2 atom stereocenters. The van der Waals surface area contributed by atoms with Gasteiger partial charge in [0.15, 0.2) is 17.5 Å². The Balaban J connectivity index is 0.00000341. The highest BCUT2D eigenvalue weighted by Crippen LogP contribution is 2.26. The Morgan fingerprint density at radius 3 is 2.68 bits per heavy atom. The number of benzene rings is 1. The molecule has 2 N–H and O–H groups in total. The molecule has 1 saturated carbocycles. The topological polar surface area (TPSA) is 66.0 Å². The molecule has 3 rings (SSSR count). The van der Waals surface area contributed by atoms with E-state index in [-0.39, 0.29) is 53.6 Å². The minimum Gasteiger partial charge on any atom is -0.486 e. The van der Waals surface area contributed by atoms with E-state index in [1.165, 1.54) is 25.3 Å². The van der Waals surface area contributed by atoms with Gasteiger partial charge >= 0.3 is 0 Å². The summed E-state index contributed by atoms with van der Waals surface area (Å²) in [7, 11) is 1.73. The van der Waals surface area contributed by atoms with Gasteiger partial charge in [-0.25, -0.2) is 4.39 Å². The highest BCUT2D eigenvalue weighted by molar-refractivity contribution is 14.0. The van der Waals surface area contributed by atoms with Gasteiger partial charge in [-0.15, -0.1) is 24.0 Å². The Kier molecular flexibility index (Phi) is 10.8. The summed E-state index contributed by atoms with van der Waals surface area (Å²) in [5.41, 5.74) is 0. The quantitative estimate of drug-likeness (QED) is 0.309. The van der Waals surface area contributed by atoms with Gasteiger partial charge in [-0.1, -0.05) is 38.3 Å². The fourth-order valence-electron chi connectivity index (χ4n) is 4.27. The molecule has 2 unspecified atom stereocenters. The minimum absolute atomic E-state index is 0. The fourth-order valence-corrected chi connectivity index (χ4v) is 4.27. The van der Waals surface area contributed by atoms with Crippen LogP contribution in [0.5, 0.6) is 5.75 Å². The summed E-state index contributed by atoms with van der Waals surface area (Å²) in [6, 6.07) is 6.64. The standard InChI is InChI=1S/C23H35FN4O2.HI/c1-3-19(30-21-12-8-7-11-20(21)24)15-26-23(25-2)27-18-13-14-28(16-18)22(29)17-9-5-4-6-10-17;/h7-8,11-12,17-19H,3-6,9-10,13-16H2,1-2H3,(H2,25,26,27);1H. The number of ether oxygens (including phenoxy) is 1. The maximum Gasteiger partial charge on any atom is 0.225 e. The van der Waals surface area contributed by atoms with Crippen molar-refractivity contribution in [3.63, 3.8) is 0 Å². The first kappa shape index (κ1) is 25.7. The van der Waals surface area contributed by atoms with Crippen LogP contribution in [0.3, 0.4) is 0 Å². The monoisotopic (exact) mass is 546 g/mol. The first-order valence-electron chi connectivity index (χ1n) is 11.3. The maximum absolute atomic E-state index is 13.8. The van der Waals surface area contributed by atoms with Gasteiger partial charge in [0.25, 0.3) is 0 Å². The van der Waals surface area contributed by atoms with Crippen molar-refractivity contribution < 1.29 is 13.9 Å². The van der Waals surface area contributed by atoms with Crippen LogP contribution in [0.1, 0.15) is 51.9 Å². The van der Waals surface area contributed by atoms with E-state index in [0.717, 1.165) is 38.8 Å². The maximum atomic E-state index is 13.8. The lowest BCUT2D eigenvalue weighted by Gasteiger charge is -2.26. The molecule has 174 valence electrons. The molecule has 1 amide bonds. The molecule has 1 saturated heterocycles. The third-order valence-electron chi connectivity index (χ3n) is 6.10. The molecule has 1 aliphatic heterocycles. The second-order valence-electron chi connectivity index (χ2n) is 8.28. The Morgan fingerprint density at radius 1 is 1.26 bits per heavy atom. The Bertz CT molecular complexity index is 727. The van der Waals surface area contributed by atoms with Crippen LogP contribution in [0.2, 0.25) is 0 Å². The Morgan fingerprint density at radius 2 is 2.00 bits per heavy atom. The SMILES string of the molecule is CCC(CNC(=NC)NC1CCN(C(=O)C2CCCCC2)C1)Oc1ccccc1F.I. The van der Waals surface area contributed by atoms with Crippen molar-refractivity contribution >= 4 is 35.8 Å². The molecule has 31 heavy (non-hydrogen) atoms. The fraction of sp³-hybridized carbons (Fsp3) is 0.652. The van der Waals surface area contributed by atoms with Crippen molar-refractivity contribution in [1.82, 2.24) is 15.5 Å². The summed E-state index contributed by atoms with van der Waals surface area (Å²) in [6.45, 7) is 4.05. The van der Waals surface area contributed by atoms with E-state index in [9.17, 15) is 9.18 Å². The number of likely N-dealkylation sites (tertiary alicyclic amines) is 1. The van der Waals surface area contributed by atoms with Crippen molar-refractivity contribution in [1.29, 1.82) is 0 Å². The molecule has 0 spiro atoms. The highest BCUT2D eigenvalue weighted by atomic mass is 127. The third-order valence-corrected chi connectivity index (χ3v) is 6.10. The lowest BCUT2D eigenvalue weighted by molar-refractivity contribution is -0.135. The number of carbonyl (C=O) groups is 1. The number of amides is 1. The summed E-state index contributed by atoms with van der Waals surface area (Å²) in [5.74, 6) is 1.14. The molecule has 8 heteroatoms. The van der Waals surface area contributed by atoms with Gasteiger partial charge in [-0.3, -0.25) is 9.79 Å². The largest absolute Gasteiger partial charge is 0.486 e. The average molecular weight is 546 g/mol. The minimum atomic E-state index is -0.355. The van der Waals surface area contributed by atoms with Gasteiger partial charge in [-0.05, 0) is 37.8 Å². The van der Waals surface area contributed by atoms with E-state index in [0.29, 0.717) is 18.4 Å². The van der Waals surface area contributed by atoms with Gasteiger partial charge in [0, 0.05) is 32.1 Å². The highest BCUT2D eigenvalue weighted by Gasteiger charge is 2.31. The molecule has 1 aliphatic carbocycles. The smallest absolute Gasteiger partial charge is 0.225 e. The van der Waals surface area contributed by atoms with E-state index < -0.39 is 0 Å². The Hall–Kier alpha value is -1.58. The number of aliphatic imine (C=N–C) groups is 1. The lowest BCUT2D eigenvalue weighted by Crippen LogP contribution is -2.47. The van der Waals surface area contributed by atoms with E-state index >= 15 is 0 Å². The van der Waals surface area contributed by atoms with Crippen molar-refractivity contribution in [2.24, 2.45) is 10.9 Å². The van der Waals surface area contributed by atoms with Crippen molar-refractivity contribution in [3.05, 3.63) is 30.1 Å². The summed E-state index contributed by atoms with van der Waals surface area (Å²) >= 11 is 0. The summed E-state index contributed by atoms with van der Waals surface area (Å²) in [6.07, 6.45) is 7.18. The van der Waals surface area contributed by atoms with Crippen LogP contribution < -0.4 is 15.4 Å². The van der Waals surface area contributed by atoms with Crippen molar-refractivity contribution in [2.45, 2.75) is 64.0 Å². The molecule has 1 heterocycles. The number of carbonyl (C=O) groups excluding carboxylic acids is 1. The number of hydrogen-bond donors (Lipinski definition) is 2. The average Bonchev–Trinajstić information content (AvgIpc) is 3.25. The first-order valence-corrected chi connectivity index (χ1v) is 11.3. The molecular weight excluding hydrogens is 510 g/mol. The van der Waals surface area contributed by atoms with Crippen LogP contribution in [0, 0.1) is 11.7 Å². The second-order valence-corrected chi connectivity index (χ2v) is 8.28. The zero-order valence-corrected chi connectivity index (χ0v) is 20.9. The van der Waals surface area contributed by atoms with Crippen LogP contribution in [0.15, 0.2) is 29.3 Å². The van der Waals surface area contributed by atoms with Crippen molar-refractivity contribution in [3.8, 4) is 5.75 Å². The van der Waals surface area contributed by atoms with Gasteiger partial charge in [0.2, 0.25) is 5.91 Å². The Labute approximate surface area is 202 Å². The van der Waals surface area contributed by atoms with E-state index in [1.54, 1.807) is 25.2 Å². The number of nitrogens with one attached hydrogen (secondary N) is 2. The molecule has 1 aromatic carbocycles. The van der Waals surface area contributed by atoms with Crippen LogP contribution in [0.4, 0.5) is 4.39 Å². The van der Waals surface area contributed by atoms with E-state index in [1.807, 2.05) is 11.8 Å². The van der Waals surface area contributed by atoms with E-state index in [4.69, 9.17) is 4.74 Å². The predicted molar refractivity (Wildman–Crippen MR) is 133 cm³/mol. The van der Waals surface area contributed by atoms with Gasteiger partial charge in [-0.2, -0.15) is 0 Å². The molecule has 2 fully saturated rings. The molecule has 0 aromatic heterocycles. The molecule has 2 aliphatic rings. The third kappa shape index (κ3) is 7.50. The number of para-hydroxylation sites is 1. The zero-order chi connectivity index (χ0) is 21.3. The molecule has 6 nitrogen and oxygen atoms in total.